The number of hydrogen-bond donors (Lipinski definition) is 2. The normalized spacial score (nSPS) is 11.9. The van der Waals surface area contributed by atoms with Gasteiger partial charge in [0.15, 0.2) is 12.1 Å². The second-order valence-corrected chi connectivity index (χ2v) is 4.38. The number of tetrazole rings is 1. The molecule has 2 rings (SSSR count). The lowest BCUT2D eigenvalue weighted by Crippen LogP contribution is -2.41. The molecule has 110 valence electrons. The van der Waals surface area contributed by atoms with E-state index in [9.17, 15) is 9.59 Å². The monoisotopic (exact) mass is 288 g/mol. The molecule has 0 saturated heterocycles. The molecule has 21 heavy (non-hydrogen) atoms. The zero-order valence-electron chi connectivity index (χ0n) is 11.3. The van der Waals surface area contributed by atoms with Crippen LogP contribution in [0.5, 0.6) is 0 Å². The van der Waals surface area contributed by atoms with Crippen LogP contribution < -0.4 is 11.1 Å². The molecule has 1 heterocycles. The van der Waals surface area contributed by atoms with Crippen LogP contribution in [0.4, 0.5) is 0 Å². The van der Waals surface area contributed by atoms with Gasteiger partial charge in [0, 0.05) is 6.42 Å². The Balaban J connectivity index is 2.02. The standard InChI is InChI=1S/C13H16N6O2/c14-8-12(21)17-13(19-16-9-15-18-19)11(20)7-6-10-4-2-1-3-5-10/h1-5,9,13H,6-8,14H2,(H,17,21). The Hall–Kier alpha value is -2.61. The van der Waals surface area contributed by atoms with Gasteiger partial charge in [-0.05, 0) is 17.2 Å². The molecule has 0 aliphatic rings. The van der Waals surface area contributed by atoms with Crippen molar-refractivity contribution >= 4 is 11.7 Å². The summed E-state index contributed by atoms with van der Waals surface area (Å²) in [4.78, 5) is 24.8. The van der Waals surface area contributed by atoms with E-state index in [1.165, 1.54) is 6.33 Å². The van der Waals surface area contributed by atoms with Crippen molar-refractivity contribution in [1.82, 2.24) is 25.5 Å². The number of rotatable bonds is 7. The molecule has 1 unspecified atom stereocenters. The number of benzene rings is 1. The summed E-state index contributed by atoms with van der Waals surface area (Å²) in [6.07, 6.45) is 1.04. The molecule has 0 spiro atoms. The topological polar surface area (TPSA) is 116 Å². The van der Waals surface area contributed by atoms with E-state index in [2.05, 4.69) is 20.7 Å². The van der Waals surface area contributed by atoms with Gasteiger partial charge in [-0.15, -0.1) is 15.0 Å². The van der Waals surface area contributed by atoms with Gasteiger partial charge in [0.25, 0.3) is 0 Å². The van der Waals surface area contributed by atoms with Crippen LogP contribution in [-0.4, -0.2) is 38.4 Å². The number of aromatic nitrogens is 4. The van der Waals surface area contributed by atoms with Crippen LogP contribution in [0, 0.1) is 0 Å². The van der Waals surface area contributed by atoms with E-state index in [-0.39, 0.29) is 18.7 Å². The first-order valence-electron chi connectivity index (χ1n) is 6.49. The summed E-state index contributed by atoms with van der Waals surface area (Å²) in [7, 11) is 0. The molecule has 1 aromatic carbocycles. The summed E-state index contributed by atoms with van der Waals surface area (Å²) in [5, 5.41) is 13.5. The number of amides is 1. The number of ketones is 1. The SMILES string of the molecule is NCC(=O)NC(C(=O)CCc1ccccc1)n1ncnn1. The van der Waals surface area contributed by atoms with Crippen molar-refractivity contribution in [3.05, 3.63) is 42.2 Å². The molecule has 0 aliphatic heterocycles. The van der Waals surface area contributed by atoms with E-state index in [0.717, 1.165) is 10.4 Å². The Morgan fingerprint density at radius 2 is 2.05 bits per heavy atom. The van der Waals surface area contributed by atoms with Gasteiger partial charge < -0.3 is 11.1 Å². The number of nitrogens with two attached hydrogens (primary N) is 1. The second kappa shape index (κ2) is 7.25. The van der Waals surface area contributed by atoms with Gasteiger partial charge in [-0.25, -0.2) is 0 Å². The zero-order valence-corrected chi connectivity index (χ0v) is 11.3. The van der Waals surface area contributed by atoms with Crippen molar-refractivity contribution in [2.45, 2.75) is 19.0 Å². The van der Waals surface area contributed by atoms with Gasteiger partial charge in [-0.1, -0.05) is 30.3 Å². The number of nitrogens with zero attached hydrogens (tertiary/aromatic N) is 4. The molecule has 1 atom stereocenters. The number of aryl methyl sites for hydroxylation is 1. The second-order valence-electron chi connectivity index (χ2n) is 4.38. The Morgan fingerprint density at radius 3 is 2.67 bits per heavy atom. The number of carbonyl (C=O) groups excluding carboxylic acids is 2. The van der Waals surface area contributed by atoms with Gasteiger partial charge in [0.2, 0.25) is 12.1 Å². The lowest BCUT2D eigenvalue weighted by Gasteiger charge is -2.15. The highest BCUT2D eigenvalue weighted by Crippen LogP contribution is 2.08. The lowest BCUT2D eigenvalue weighted by atomic mass is 10.1. The molecular formula is C13H16N6O2. The highest BCUT2D eigenvalue weighted by atomic mass is 16.2. The quantitative estimate of drug-likeness (QED) is 0.706. The Morgan fingerprint density at radius 1 is 1.29 bits per heavy atom. The van der Waals surface area contributed by atoms with Crippen LogP contribution in [-0.2, 0) is 16.0 Å². The Bertz CT molecular complexity index is 584. The van der Waals surface area contributed by atoms with Crippen LogP contribution in [0.2, 0.25) is 0 Å². The van der Waals surface area contributed by atoms with Gasteiger partial charge >= 0.3 is 0 Å². The average Bonchev–Trinajstić information content (AvgIpc) is 3.05. The predicted octanol–water partition coefficient (Wildman–Crippen LogP) is -0.552. The molecule has 8 nitrogen and oxygen atoms in total. The summed E-state index contributed by atoms with van der Waals surface area (Å²) >= 11 is 0. The summed E-state index contributed by atoms with van der Waals surface area (Å²) in [5.74, 6) is -0.663. The molecule has 1 amide bonds. The third-order valence-electron chi connectivity index (χ3n) is 2.89. The van der Waals surface area contributed by atoms with E-state index in [4.69, 9.17) is 5.73 Å². The molecule has 0 aliphatic carbocycles. The van der Waals surface area contributed by atoms with Crippen molar-refractivity contribution in [2.24, 2.45) is 5.73 Å². The van der Waals surface area contributed by atoms with E-state index in [1.54, 1.807) is 0 Å². The van der Waals surface area contributed by atoms with Crippen LogP contribution in [0.25, 0.3) is 0 Å². The third-order valence-corrected chi connectivity index (χ3v) is 2.89. The first kappa shape index (κ1) is 14.8. The molecule has 2 aromatic rings. The molecule has 8 heteroatoms. The highest BCUT2D eigenvalue weighted by molar-refractivity contribution is 5.87. The average molecular weight is 288 g/mol. The van der Waals surface area contributed by atoms with Crippen molar-refractivity contribution in [1.29, 1.82) is 0 Å². The minimum absolute atomic E-state index is 0.210. The summed E-state index contributed by atoms with van der Waals surface area (Å²) in [6, 6.07) is 9.61. The van der Waals surface area contributed by atoms with E-state index in [1.807, 2.05) is 30.3 Å². The largest absolute Gasteiger partial charge is 0.325 e. The smallest absolute Gasteiger partial charge is 0.235 e. The van der Waals surface area contributed by atoms with Gasteiger partial charge in [0.05, 0.1) is 6.54 Å². The maximum absolute atomic E-state index is 12.3. The Labute approximate surface area is 121 Å². The number of hydrogen-bond acceptors (Lipinski definition) is 6. The van der Waals surface area contributed by atoms with Crippen LogP contribution in [0.1, 0.15) is 18.2 Å². The highest BCUT2D eigenvalue weighted by Gasteiger charge is 2.23. The fourth-order valence-corrected chi connectivity index (χ4v) is 1.82. The molecule has 0 fully saturated rings. The lowest BCUT2D eigenvalue weighted by molar-refractivity contribution is -0.130. The fraction of sp³-hybridized carbons (Fsp3) is 0.308. The maximum atomic E-state index is 12.3. The fourth-order valence-electron chi connectivity index (χ4n) is 1.82. The van der Waals surface area contributed by atoms with Crippen molar-refractivity contribution in [3.63, 3.8) is 0 Å². The number of carbonyl (C=O) groups is 2. The van der Waals surface area contributed by atoms with Gasteiger partial charge in [0.1, 0.15) is 0 Å². The van der Waals surface area contributed by atoms with Crippen LogP contribution in [0.3, 0.4) is 0 Å². The van der Waals surface area contributed by atoms with E-state index >= 15 is 0 Å². The van der Waals surface area contributed by atoms with Crippen LogP contribution >= 0.6 is 0 Å². The first-order valence-corrected chi connectivity index (χ1v) is 6.49. The molecule has 0 radical (unpaired) electrons. The third kappa shape index (κ3) is 4.18. The van der Waals surface area contributed by atoms with Gasteiger partial charge in [-0.3, -0.25) is 9.59 Å². The molecule has 0 bridgehead atoms. The summed E-state index contributed by atoms with van der Waals surface area (Å²) in [5.41, 5.74) is 6.29. The first-order chi connectivity index (χ1) is 10.2. The number of nitrogens with one attached hydrogen (secondary N) is 1. The summed E-state index contributed by atoms with van der Waals surface area (Å²) in [6.45, 7) is -0.211. The Kier molecular flexibility index (Phi) is 5.10. The van der Waals surface area contributed by atoms with Crippen molar-refractivity contribution in [3.8, 4) is 0 Å². The van der Waals surface area contributed by atoms with E-state index in [0.29, 0.717) is 6.42 Å². The molecular weight excluding hydrogens is 272 g/mol. The van der Waals surface area contributed by atoms with Crippen molar-refractivity contribution in [2.75, 3.05) is 6.54 Å². The van der Waals surface area contributed by atoms with Crippen molar-refractivity contribution < 1.29 is 9.59 Å². The molecule has 3 N–H and O–H groups in total. The van der Waals surface area contributed by atoms with Crippen LogP contribution in [0.15, 0.2) is 36.7 Å². The minimum atomic E-state index is -0.979. The molecule has 1 aromatic heterocycles. The summed E-state index contributed by atoms with van der Waals surface area (Å²) < 4.78 is 0. The maximum Gasteiger partial charge on any atom is 0.235 e. The predicted molar refractivity (Wildman–Crippen MR) is 73.8 cm³/mol. The molecule has 0 saturated carbocycles. The number of Topliss-reactive ketones (excluding diaryl/α,β-unsaturated/α-hetero) is 1. The van der Waals surface area contributed by atoms with Gasteiger partial charge in [-0.2, -0.15) is 0 Å². The van der Waals surface area contributed by atoms with E-state index < -0.39 is 12.1 Å². The zero-order chi connectivity index (χ0) is 15.1. The minimum Gasteiger partial charge on any atom is -0.325 e.